The van der Waals surface area contributed by atoms with Crippen LogP contribution in [0.25, 0.3) is 10.9 Å². The molecule has 0 amide bonds. The van der Waals surface area contributed by atoms with Crippen LogP contribution in [-0.2, 0) is 10.0 Å². The van der Waals surface area contributed by atoms with Crippen molar-refractivity contribution in [3.8, 4) is 0 Å². The van der Waals surface area contributed by atoms with Gasteiger partial charge in [0, 0.05) is 23.6 Å². The molecule has 0 radical (unpaired) electrons. The molecule has 124 valence electrons. The Morgan fingerprint density at radius 3 is 2.29 bits per heavy atom. The van der Waals surface area contributed by atoms with Gasteiger partial charge in [0.1, 0.15) is 0 Å². The Labute approximate surface area is 141 Å². The zero-order valence-electron chi connectivity index (χ0n) is 13.6. The van der Waals surface area contributed by atoms with E-state index in [0.717, 1.165) is 0 Å². The van der Waals surface area contributed by atoms with Gasteiger partial charge in [-0.2, -0.15) is 0 Å². The molecular weight excluding hydrogens is 322 g/mol. The topological polar surface area (TPSA) is 56.1 Å². The minimum atomic E-state index is -3.74. The lowest BCUT2D eigenvalue weighted by molar-refractivity contribution is 0.0969. The number of rotatable bonds is 5. The van der Waals surface area contributed by atoms with E-state index in [1.807, 2.05) is 19.9 Å². The standard InChI is InChI=1S/C19H19NO3S/c1-14(2)12-19(21)17-13-20(18-11-7-6-10-16(17)18)24(22,23)15-8-4-3-5-9-15/h3-11,13-14H,12H2,1-2H3. The monoisotopic (exact) mass is 341 g/mol. The molecule has 1 heterocycles. The summed E-state index contributed by atoms with van der Waals surface area (Å²) in [5, 5.41) is 0.669. The average molecular weight is 341 g/mol. The lowest BCUT2D eigenvalue weighted by Gasteiger charge is -2.07. The molecule has 0 atom stereocenters. The van der Waals surface area contributed by atoms with Crippen molar-refractivity contribution in [2.24, 2.45) is 5.92 Å². The number of para-hydroxylation sites is 1. The first-order valence-electron chi connectivity index (χ1n) is 7.85. The highest BCUT2D eigenvalue weighted by Crippen LogP contribution is 2.27. The lowest BCUT2D eigenvalue weighted by atomic mass is 10.0. The maximum Gasteiger partial charge on any atom is 0.268 e. The fourth-order valence-electron chi connectivity index (χ4n) is 2.76. The molecule has 3 rings (SSSR count). The number of fused-ring (bicyclic) bond motifs is 1. The van der Waals surface area contributed by atoms with Crippen LogP contribution in [0.15, 0.2) is 65.7 Å². The maximum atomic E-state index is 13.0. The van der Waals surface area contributed by atoms with Crippen molar-refractivity contribution in [3.63, 3.8) is 0 Å². The second-order valence-electron chi connectivity index (χ2n) is 6.19. The molecule has 0 fully saturated rings. The minimum absolute atomic E-state index is 0.0387. The van der Waals surface area contributed by atoms with E-state index in [-0.39, 0.29) is 16.6 Å². The number of carbonyl (C=O) groups excluding carboxylic acids is 1. The molecule has 0 aliphatic heterocycles. The highest BCUT2D eigenvalue weighted by atomic mass is 32.2. The largest absolute Gasteiger partial charge is 0.294 e. The zero-order valence-corrected chi connectivity index (χ0v) is 14.5. The predicted octanol–water partition coefficient (Wildman–Crippen LogP) is 4.11. The van der Waals surface area contributed by atoms with Crippen molar-refractivity contribution in [3.05, 3.63) is 66.4 Å². The third kappa shape index (κ3) is 2.87. The average Bonchev–Trinajstić information content (AvgIpc) is 2.95. The third-order valence-electron chi connectivity index (χ3n) is 3.87. The van der Waals surface area contributed by atoms with Crippen LogP contribution in [0.4, 0.5) is 0 Å². The molecule has 2 aromatic carbocycles. The Morgan fingerprint density at radius 2 is 1.62 bits per heavy atom. The van der Waals surface area contributed by atoms with Crippen molar-refractivity contribution in [1.29, 1.82) is 0 Å². The van der Waals surface area contributed by atoms with E-state index in [0.29, 0.717) is 22.9 Å². The number of benzene rings is 2. The maximum absolute atomic E-state index is 13.0. The number of ketones is 1. The molecule has 0 aliphatic rings. The van der Waals surface area contributed by atoms with E-state index in [1.54, 1.807) is 48.5 Å². The number of Topliss-reactive ketones (excluding diaryl/α,β-unsaturated/α-hetero) is 1. The van der Waals surface area contributed by atoms with Crippen LogP contribution in [0, 0.1) is 5.92 Å². The van der Waals surface area contributed by atoms with Crippen LogP contribution in [-0.4, -0.2) is 18.2 Å². The molecule has 0 spiro atoms. The molecule has 5 heteroatoms. The van der Waals surface area contributed by atoms with Crippen LogP contribution >= 0.6 is 0 Å². The van der Waals surface area contributed by atoms with Gasteiger partial charge >= 0.3 is 0 Å². The van der Waals surface area contributed by atoms with Gasteiger partial charge in [-0.25, -0.2) is 12.4 Å². The van der Waals surface area contributed by atoms with Crippen LogP contribution in [0.3, 0.4) is 0 Å². The van der Waals surface area contributed by atoms with Gasteiger partial charge in [0.05, 0.1) is 10.4 Å². The molecule has 4 nitrogen and oxygen atoms in total. The molecule has 0 unspecified atom stereocenters. The summed E-state index contributed by atoms with van der Waals surface area (Å²) in [6, 6.07) is 15.3. The first-order valence-corrected chi connectivity index (χ1v) is 9.29. The molecule has 0 saturated heterocycles. The normalized spacial score (nSPS) is 12.0. The molecule has 0 bridgehead atoms. The predicted molar refractivity (Wildman–Crippen MR) is 94.7 cm³/mol. The van der Waals surface area contributed by atoms with E-state index < -0.39 is 10.0 Å². The Hall–Kier alpha value is -2.40. The lowest BCUT2D eigenvalue weighted by Crippen LogP contribution is -2.12. The second-order valence-corrected chi connectivity index (χ2v) is 8.01. The van der Waals surface area contributed by atoms with Gasteiger partial charge in [-0.3, -0.25) is 4.79 Å². The summed E-state index contributed by atoms with van der Waals surface area (Å²) >= 11 is 0. The fraction of sp³-hybridized carbons (Fsp3) is 0.211. The van der Waals surface area contributed by atoms with Gasteiger partial charge in [-0.05, 0) is 24.1 Å². The number of hydrogen-bond donors (Lipinski definition) is 0. The summed E-state index contributed by atoms with van der Waals surface area (Å²) in [6.07, 6.45) is 1.84. The summed E-state index contributed by atoms with van der Waals surface area (Å²) in [5.74, 6) is 0.175. The number of hydrogen-bond acceptors (Lipinski definition) is 3. The Kier molecular flexibility index (Phi) is 4.28. The van der Waals surface area contributed by atoms with Gasteiger partial charge in [0.15, 0.2) is 5.78 Å². The van der Waals surface area contributed by atoms with E-state index in [4.69, 9.17) is 0 Å². The molecule has 0 saturated carbocycles. The highest BCUT2D eigenvalue weighted by Gasteiger charge is 2.23. The second kappa shape index (κ2) is 6.24. The summed E-state index contributed by atoms with van der Waals surface area (Å²) in [6.45, 7) is 3.94. The third-order valence-corrected chi connectivity index (χ3v) is 5.56. The number of nitrogens with zero attached hydrogens (tertiary/aromatic N) is 1. The van der Waals surface area contributed by atoms with E-state index >= 15 is 0 Å². The zero-order chi connectivity index (χ0) is 17.3. The van der Waals surface area contributed by atoms with E-state index in [2.05, 4.69) is 0 Å². The number of carbonyl (C=O) groups is 1. The number of aromatic nitrogens is 1. The Balaban J connectivity index is 2.22. The molecule has 0 N–H and O–H groups in total. The minimum Gasteiger partial charge on any atom is -0.294 e. The molecule has 3 aromatic rings. The van der Waals surface area contributed by atoms with Crippen LogP contribution in [0.2, 0.25) is 0 Å². The van der Waals surface area contributed by atoms with Crippen molar-refractivity contribution < 1.29 is 13.2 Å². The van der Waals surface area contributed by atoms with Crippen molar-refractivity contribution in [1.82, 2.24) is 3.97 Å². The quantitative estimate of drug-likeness (QED) is 0.656. The molecule has 1 aromatic heterocycles. The van der Waals surface area contributed by atoms with Crippen molar-refractivity contribution in [2.45, 2.75) is 25.2 Å². The smallest absolute Gasteiger partial charge is 0.268 e. The summed E-state index contributed by atoms with van der Waals surface area (Å²) in [7, 11) is -3.74. The van der Waals surface area contributed by atoms with Crippen LogP contribution in [0.5, 0.6) is 0 Å². The van der Waals surface area contributed by atoms with Gasteiger partial charge in [0.2, 0.25) is 0 Å². The van der Waals surface area contributed by atoms with Gasteiger partial charge in [0.25, 0.3) is 10.0 Å². The Bertz CT molecular complexity index is 986. The molecule has 0 aliphatic carbocycles. The van der Waals surface area contributed by atoms with E-state index in [9.17, 15) is 13.2 Å². The Morgan fingerprint density at radius 1 is 1.00 bits per heavy atom. The van der Waals surface area contributed by atoms with Crippen LogP contribution < -0.4 is 0 Å². The summed E-state index contributed by atoms with van der Waals surface area (Å²) < 4.78 is 27.1. The SMILES string of the molecule is CC(C)CC(=O)c1cn(S(=O)(=O)c2ccccc2)c2ccccc12. The fourth-order valence-corrected chi connectivity index (χ4v) is 4.15. The molecular formula is C19H19NO3S. The van der Waals surface area contributed by atoms with E-state index in [1.165, 1.54) is 10.2 Å². The van der Waals surface area contributed by atoms with Crippen molar-refractivity contribution in [2.75, 3.05) is 0 Å². The first kappa shape index (κ1) is 16.5. The highest BCUT2D eigenvalue weighted by molar-refractivity contribution is 7.90. The van der Waals surface area contributed by atoms with Crippen LogP contribution in [0.1, 0.15) is 30.6 Å². The van der Waals surface area contributed by atoms with Crippen molar-refractivity contribution >= 4 is 26.7 Å². The van der Waals surface area contributed by atoms with Gasteiger partial charge in [-0.15, -0.1) is 0 Å². The van der Waals surface area contributed by atoms with Gasteiger partial charge in [-0.1, -0.05) is 50.2 Å². The molecule has 24 heavy (non-hydrogen) atoms. The summed E-state index contributed by atoms with van der Waals surface area (Å²) in [4.78, 5) is 12.7. The summed E-state index contributed by atoms with van der Waals surface area (Å²) in [5.41, 5.74) is 0.979. The van der Waals surface area contributed by atoms with Gasteiger partial charge < -0.3 is 0 Å². The first-order chi connectivity index (χ1) is 11.4.